The van der Waals surface area contributed by atoms with Crippen molar-refractivity contribution in [2.45, 2.75) is 12.8 Å². The Balaban J connectivity index is 2.87. The number of rotatable bonds is 1. The number of hydrogen-bond acceptors (Lipinski definition) is 3. The van der Waals surface area contributed by atoms with Gasteiger partial charge in [-0.2, -0.15) is 0 Å². The van der Waals surface area contributed by atoms with Crippen LogP contribution in [0.4, 0.5) is 0 Å². The zero-order valence-electron chi connectivity index (χ0n) is 6.54. The first-order chi connectivity index (χ1) is 5.66. The predicted molar refractivity (Wildman–Crippen MR) is 43.8 cm³/mol. The van der Waals surface area contributed by atoms with E-state index in [1.54, 1.807) is 0 Å². The van der Waals surface area contributed by atoms with E-state index in [1.165, 1.54) is 6.08 Å². The lowest BCUT2D eigenvalue weighted by Crippen LogP contribution is -2.31. The predicted octanol–water partition coefficient (Wildman–Crippen LogP) is 0.0104. The van der Waals surface area contributed by atoms with Crippen LogP contribution in [0, 0.1) is 18.3 Å². The van der Waals surface area contributed by atoms with E-state index in [-0.39, 0.29) is 30.1 Å². The van der Waals surface area contributed by atoms with E-state index >= 15 is 0 Å². The molecule has 0 bridgehead atoms. The van der Waals surface area contributed by atoms with E-state index < -0.39 is 5.92 Å². The van der Waals surface area contributed by atoms with Gasteiger partial charge in [-0.25, -0.2) is 0 Å². The van der Waals surface area contributed by atoms with Crippen molar-refractivity contribution >= 4 is 11.6 Å². The first-order valence-electron chi connectivity index (χ1n) is 3.63. The lowest BCUT2D eigenvalue weighted by atomic mass is 9.87. The normalized spacial score (nSPS) is 23.2. The molecule has 62 valence electrons. The smallest absolute Gasteiger partial charge is 0.189 e. The third-order valence-electron chi connectivity index (χ3n) is 1.83. The molecular formula is C9H9NO2. The average Bonchev–Trinajstić information content (AvgIpc) is 2.06. The maximum Gasteiger partial charge on any atom is 0.189 e. The molecule has 0 amide bonds. The Morgan fingerprint density at radius 1 is 1.67 bits per heavy atom. The molecule has 3 nitrogen and oxygen atoms in total. The first kappa shape index (κ1) is 8.54. The molecular weight excluding hydrogens is 154 g/mol. The monoisotopic (exact) mass is 163 g/mol. The summed E-state index contributed by atoms with van der Waals surface area (Å²) in [4.78, 5) is 22.3. The summed E-state index contributed by atoms with van der Waals surface area (Å²) in [5.41, 5.74) is 5.51. The molecule has 0 aromatic carbocycles. The van der Waals surface area contributed by atoms with E-state index in [4.69, 9.17) is 12.2 Å². The molecule has 1 atom stereocenters. The molecule has 0 heterocycles. The van der Waals surface area contributed by atoms with Gasteiger partial charge in [0.2, 0.25) is 0 Å². The van der Waals surface area contributed by atoms with Crippen LogP contribution in [0.25, 0.3) is 0 Å². The van der Waals surface area contributed by atoms with Gasteiger partial charge in [-0.1, -0.05) is 6.08 Å². The molecule has 1 aliphatic carbocycles. The van der Waals surface area contributed by atoms with Crippen molar-refractivity contribution < 1.29 is 9.59 Å². The fourth-order valence-corrected chi connectivity index (χ4v) is 1.13. The second-order valence-corrected chi connectivity index (χ2v) is 2.65. The summed E-state index contributed by atoms with van der Waals surface area (Å²) in [5.74, 6) is 1.14. The largest absolute Gasteiger partial charge is 0.396 e. The number of Topliss-reactive ketones (excluding diaryl/α,β-unsaturated/α-hetero) is 2. The van der Waals surface area contributed by atoms with Gasteiger partial charge in [-0.15, -0.1) is 12.3 Å². The van der Waals surface area contributed by atoms with Gasteiger partial charge in [0.05, 0.1) is 11.6 Å². The zero-order valence-corrected chi connectivity index (χ0v) is 6.54. The van der Waals surface area contributed by atoms with Crippen LogP contribution in [-0.2, 0) is 9.59 Å². The van der Waals surface area contributed by atoms with Crippen LogP contribution in [-0.4, -0.2) is 11.6 Å². The van der Waals surface area contributed by atoms with Crippen LogP contribution in [0.1, 0.15) is 12.8 Å². The van der Waals surface area contributed by atoms with Gasteiger partial charge in [0.1, 0.15) is 5.78 Å². The lowest BCUT2D eigenvalue weighted by Gasteiger charge is -2.15. The topological polar surface area (TPSA) is 60.2 Å². The molecule has 3 heteroatoms. The molecule has 1 rings (SSSR count). The highest BCUT2D eigenvalue weighted by Gasteiger charge is 2.29. The highest BCUT2D eigenvalue weighted by Crippen LogP contribution is 2.17. The van der Waals surface area contributed by atoms with E-state index in [9.17, 15) is 9.59 Å². The molecule has 0 fully saturated rings. The van der Waals surface area contributed by atoms with Crippen molar-refractivity contribution in [2.24, 2.45) is 11.7 Å². The molecule has 2 N–H and O–H groups in total. The second kappa shape index (κ2) is 3.22. The average molecular weight is 163 g/mol. The maximum absolute atomic E-state index is 11.2. The van der Waals surface area contributed by atoms with Crippen LogP contribution >= 0.6 is 0 Å². The van der Waals surface area contributed by atoms with Crippen molar-refractivity contribution in [3.63, 3.8) is 0 Å². The summed E-state index contributed by atoms with van der Waals surface area (Å²) in [6, 6.07) is 0. The van der Waals surface area contributed by atoms with Gasteiger partial charge < -0.3 is 5.73 Å². The Labute approximate surface area is 70.6 Å². The van der Waals surface area contributed by atoms with Gasteiger partial charge in [-0.05, 0) is 0 Å². The number of ketones is 2. The van der Waals surface area contributed by atoms with Gasteiger partial charge in [0.15, 0.2) is 5.78 Å². The van der Waals surface area contributed by atoms with Crippen molar-refractivity contribution in [2.75, 3.05) is 0 Å². The second-order valence-electron chi connectivity index (χ2n) is 2.65. The summed E-state index contributed by atoms with van der Waals surface area (Å²) >= 11 is 0. The Morgan fingerprint density at radius 3 is 2.92 bits per heavy atom. The number of nitrogens with two attached hydrogens (primary N) is 1. The van der Waals surface area contributed by atoms with E-state index in [1.807, 2.05) is 0 Å². The van der Waals surface area contributed by atoms with Crippen molar-refractivity contribution in [1.82, 2.24) is 0 Å². The minimum absolute atomic E-state index is 0.132. The van der Waals surface area contributed by atoms with E-state index in [0.717, 1.165) is 0 Å². The third kappa shape index (κ3) is 1.37. The van der Waals surface area contributed by atoms with Crippen molar-refractivity contribution in [3.05, 3.63) is 11.8 Å². The summed E-state index contributed by atoms with van der Waals surface area (Å²) in [7, 11) is 0. The standard InChI is InChI=1S/C9H9NO2/c1-2-3-6-8(11)5-4-7(10)9(6)12/h1,4,6H,3,5,10H2. The Hall–Kier alpha value is -1.56. The molecule has 0 spiro atoms. The molecule has 0 aliphatic heterocycles. The Bertz CT molecular complexity index is 296. The molecule has 0 aromatic heterocycles. The van der Waals surface area contributed by atoms with Gasteiger partial charge in [-0.3, -0.25) is 9.59 Å². The molecule has 1 unspecified atom stereocenters. The third-order valence-corrected chi connectivity index (χ3v) is 1.83. The van der Waals surface area contributed by atoms with Gasteiger partial charge in [0.25, 0.3) is 0 Å². The Morgan fingerprint density at radius 2 is 2.33 bits per heavy atom. The molecule has 1 aliphatic rings. The quantitative estimate of drug-likeness (QED) is 0.437. The summed E-state index contributed by atoms with van der Waals surface area (Å²) in [6.45, 7) is 0. The van der Waals surface area contributed by atoms with Crippen LogP contribution in [0.15, 0.2) is 11.8 Å². The van der Waals surface area contributed by atoms with Gasteiger partial charge >= 0.3 is 0 Å². The van der Waals surface area contributed by atoms with Crippen LogP contribution in [0.2, 0.25) is 0 Å². The molecule has 0 radical (unpaired) electrons. The first-order valence-corrected chi connectivity index (χ1v) is 3.63. The molecule has 0 saturated carbocycles. The minimum Gasteiger partial charge on any atom is -0.396 e. The fourth-order valence-electron chi connectivity index (χ4n) is 1.13. The van der Waals surface area contributed by atoms with Crippen LogP contribution < -0.4 is 5.73 Å². The van der Waals surface area contributed by atoms with Crippen molar-refractivity contribution in [3.8, 4) is 12.3 Å². The zero-order chi connectivity index (χ0) is 9.14. The van der Waals surface area contributed by atoms with Crippen LogP contribution in [0.3, 0.4) is 0 Å². The fraction of sp³-hybridized carbons (Fsp3) is 0.333. The molecule has 0 aromatic rings. The summed E-state index contributed by atoms with van der Waals surface area (Å²) in [5, 5.41) is 0. The number of hydrogen-bond donors (Lipinski definition) is 1. The summed E-state index contributed by atoms with van der Waals surface area (Å²) in [6.07, 6.45) is 6.84. The number of terminal acetylenes is 1. The Kier molecular flexibility index (Phi) is 2.29. The number of carbonyl (C=O) groups is 2. The van der Waals surface area contributed by atoms with E-state index in [0.29, 0.717) is 0 Å². The molecule has 12 heavy (non-hydrogen) atoms. The minimum atomic E-state index is -0.694. The summed E-state index contributed by atoms with van der Waals surface area (Å²) < 4.78 is 0. The number of carbonyl (C=O) groups excluding carboxylic acids is 2. The SMILES string of the molecule is C#CCC1C(=O)CC=C(N)C1=O. The molecule has 0 saturated heterocycles. The van der Waals surface area contributed by atoms with Crippen LogP contribution in [0.5, 0.6) is 0 Å². The van der Waals surface area contributed by atoms with Gasteiger partial charge in [0, 0.05) is 12.8 Å². The highest BCUT2D eigenvalue weighted by molar-refractivity contribution is 6.12. The maximum atomic E-state index is 11.2. The van der Waals surface area contributed by atoms with E-state index in [2.05, 4.69) is 5.92 Å². The lowest BCUT2D eigenvalue weighted by molar-refractivity contribution is -0.131. The van der Waals surface area contributed by atoms with Crippen molar-refractivity contribution in [1.29, 1.82) is 0 Å². The highest BCUT2D eigenvalue weighted by atomic mass is 16.2. The number of allylic oxidation sites excluding steroid dienone is 2.